The van der Waals surface area contributed by atoms with Crippen LogP contribution in [0.5, 0.6) is 11.5 Å². The molecule has 5 nitrogen and oxygen atoms in total. The fraction of sp³-hybridized carbons (Fsp3) is 0.556. The number of carbonyl (C=O) groups is 2. The van der Waals surface area contributed by atoms with Crippen LogP contribution in [0.3, 0.4) is 0 Å². The minimum Gasteiger partial charge on any atom is -0.507 e. The second-order valence-corrected chi connectivity index (χ2v) is 6.55. The zero-order valence-electron chi connectivity index (χ0n) is 13.9. The molecule has 0 radical (unpaired) electrons. The van der Waals surface area contributed by atoms with Gasteiger partial charge in [-0.2, -0.15) is 0 Å². The Morgan fingerprint density at radius 3 is 2.65 bits per heavy atom. The smallest absolute Gasteiger partial charge is 0.264 e. The van der Waals surface area contributed by atoms with Gasteiger partial charge in [0.2, 0.25) is 0 Å². The Balaban J connectivity index is 1.88. The van der Waals surface area contributed by atoms with Gasteiger partial charge in [-0.3, -0.25) is 4.79 Å². The summed E-state index contributed by atoms with van der Waals surface area (Å²) in [5.74, 6) is 0.951. The van der Waals surface area contributed by atoms with E-state index in [2.05, 4.69) is 0 Å². The lowest BCUT2D eigenvalue weighted by Gasteiger charge is -2.32. The van der Waals surface area contributed by atoms with E-state index in [0.717, 1.165) is 47.1 Å². The van der Waals surface area contributed by atoms with Crippen molar-refractivity contribution in [1.82, 2.24) is 4.90 Å². The molecule has 1 aromatic carbocycles. The third kappa shape index (κ3) is 2.48. The Bertz CT molecular complexity index is 668. The molecule has 5 heteroatoms. The van der Waals surface area contributed by atoms with Crippen LogP contribution in [-0.4, -0.2) is 40.9 Å². The van der Waals surface area contributed by atoms with Crippen molar-refractivity contribution in [2.24, 2.45) is 0 Å². The van der Waals surface area contributed by atoms with E-state index in [0.29, 0.717) is 25.1 Å². The summed E-state index contributed by atoms with van der Waals surface area (Å²) < 4.78 is 6.03. The summed E-state index contributed by atoms with van der Waals surface area (Å²) in [5, 5.41) is 10.2. The molecule has 1 aromatic rings. The van der Waals surface area contributed by atoms with E-state index in [1.54, 1.807) is 4.90 Å². The molecule has 2 aliphatic heterocycles. The molecule has 0 bridgehead atoms. The van der Waals surface area contributed by atoms with E-state index in [1.807, 2.05) is 20.8 Å². The molecule has 1 fully saturated rings. The van der Waals surface area contributed by atoms with E-state index in [4.69, 9.17) is 4.74 Å². The number of hydrogen-bond donors (Lipinski definition) is 1. The van der Waals surface area contributed by atoms with Crippen LogP contribution in [0.2, 0.25) is 0 Å². The number of aldehydes is 1. The number of likely N-dealkylation sites (tertiary alicyclic amines) is 1. The van der Waals surface area contributed by atoms with Crippen LogP contribution in [0.15, 0.2) is 0 Å². The van der Waals surface area contributed by atoms with E-state index in [9.17, 15) is 14.7 Å². The molecule has 1 unspecified atom stereocenters. The standard InChI is InChI=1S/C18H23NO4/c1-10-11(2)17-14(12(3)16(10)21)6-7-15(23-17)18(22)19-8-4-5-13(19)9-20/h9,13,15,21H,4-8H2,1-3H3/t13-,15?/m0/s1. The summed E-state index contributed by atoms with van der Waals surface area (Å²) in [6, 6.07) is -0.308. The molecule has 1 N–H and O–H groups in total. The Hall–Kier alpha value is -2.04. The molecular formula is C18H23NO4. The predicted molar refractivity (Wildman–Crippen MR) is 85.9 cm³/mol. The summed E-state index contributed by atoms with van der Waals surface area (Å²) >= 11 is 0. The molecule has 0 spiro atoms. The number of amides is 1. The Labute approximate surface area is 136 Å². The monoisotopic (exact) mass is 317 g/mol. The Morgan fingerprint density at radius 1 is 1.22 bits per heavy atom. The van der Waals surface area contributed by atoms with Crippen LogP contribution < -0.4 is 4.74 Å². The third-order valence-electron chi connectivity index (χ3n) is 5.27. The highest BCUT2D eigenvalue weighted by molar-refractivity contribution is 5.85. The number of fused-ring (bicyclic) bond motifs is 1. The van der Waals surface area contributed by atoms with Crippen LogP contribution in [0.1, 0.15) is 41.5 Å². The first-order valence-electron chi connectivity index (χ1n) is 8.19. The third-order valence-corrected chi connectivity index (χ3v) is 5.27. The van der Waals surface area contributed by atoms with Gasteiger partial charge in [-0.15, -0.1) is 0 Å². The lowest BCUT2D eigenvalue weighted by Crippen LogP contribution is -2.46. The largest absolute Gasteiger partial charge is 0.507 e. The molecule has 0 aromatic heterocycles. The first-order chi connectivity index (χ1) is 11.0. The molecule has 2 atom stereocenters. The second kappa shape index (κ2) is 5.87. The SMILES string of the molecule is Cc1c(C)c2c(c(C)c1O)CCC(C(=O)N1CCC[C@H]1C=O)O2. The van der Waals surface area contributed by atoms with Gasteiger partial charge in [0.25, 0.3) is 5.91 Å². The fourth-order valence-electron chi connectivity index (χ4n) is 3.67. The van der Waals surface area contributed by atoms with Crippen molar-refractivity contribution in [2.75, 3.05) is 6.54 Å². The number of aromatic hydroxyl groups is 1. The van der Waals surface area contributed by atoms with Crippen LogP contribution in [0.25, 0.3) is 0 Å². The molecule has 3 rings (SSSR count). The average molecular weight is 317 g/mol. The van der Waals surface area contributed by atoms with Crippen LogP contribution in [0, 0.1) is 20.8 Å². The first-order valence-corrected chi connectivity index (χ1v) is 8.19. The molecule has 1 amide bonds. The van der Waals surface area contributed by atoms with Gasteiger partial charge in [0, 0.05) is 12.1 Å². The molecule has 124 valence electrons. The maximum Gasteiger partial charge on any atom is 0.264 e. The highest BCUT2D eigenvalue weighted by Gasteiger charge is 2.37. The van der Waals surface area contributed by atoms with E-state index < -0.39 is 6.10 Å². The van der Waals surface area contributed by atoms with Gasteiger partial charge in [-0.05, 0) is 63.1 Å². The zero-order valence-corrected chi connectivity index (χ0v) is 13.9. The summed E-state index contributed by atoms with van der Waals surface area (Å²) in [7, 11) is 0. The maximum absolute atomic E-state index is 12.7. The maximum atomic E-state index is 12.7. The second-order valence-electron chi connectivity index (χ2n) is 6.55. The molecule has 2 heterocycles. The Kier molecular flexibility index (Phi) is 4.04. The van der Waals surface area contributed by atoms with Crippen molar-refractivity contribution >= 4 is 12.2 Å². The highest BCUT2D eigenvalue weighted by atomic mass is 16.5. The minimum atomic E-state index is -0.537. The number of benzene rings is 1. The van der Waals surface area contributed by atoms with Gasteiger partial charge < -0.3 is 19.5 Å². The average Bonchev–Trinajstić information content (AvgIpc) is 3.05. The van der Waals surface area contributed by atoms with E-state index >= 15 is 0 Å². The molecule has 0 aliphatic carbocycles. The van der Waals surface area contributed by atoms with Gasteiger partial charge in [0.1, 0.15) is 17.8 Å². The number of ether oxygens (including phenoxy) is 1. The highest BCUT2D eigenvalue weighted by Crippen LogP contribution is 2.41. The van der Waals surface area contributed by atoms with Gasteiger partial charge in [-0.25, -0.2) is 0 Å². The van der Waals surface area contributed by atoms with Gasteiger partial charge in [0.05, 0.1) is 6.04 Å². The van der Waals surface area contributed by atoms with Crippen LogP contribution in [0.4, 0.5) is 0 Å². The molecule has 0 saturated carbocycles. The summed E-state index contributed by atoms with van der Waals surface area (Å²) in [5.41, 5.74) is 3.50. The number of hydrogen-bond acceptors (Lipinski definition) is 4. The van der Waals surface area contributed by atoms with Crippen LogP contribution in [-0.2, 0) is 16.0 Å². The lowest BCUT2D eigenvalue weighted by molar-refractivity contribution is -0.142. The summed E-state index contributed by atoms with van der Waals surface area (Å²) in [6.07, 6.45) is 3.21. The van der Waals surface area contributed by atoms with E-state index in [1.165, 1.54) is 0 Å². The van der Waals surface area contributed by atoms with Gasteiger partial charge in [-0.1, -0.05) is 0 Å². The van der Waals surface area contributed by atoms with Gasteiger partial charge in [0.15, 0.2) is 6.10 Å². The molecule has 1 saturated heterocycles. The predicted octanol–water partition coefficient (Wildman–Crippen LogP) is 2.20. The lowest BCUT2D eigenvalue weighted by atomic mass is 9.91. The number of carbonyl (C=O) groups excluding carboxylic acids is 2. The molecule has 23 heavy (non-hydrogen) atoms. The van der Waals surface area contributed by atoms with Crippen molar-refractivity contribution in [2.45, 2.75) is 58.6 Å². The summed E-state index contributed by atoms with van der Waals surface area (Å²) in [6.45, 7) is 6.27. The Morgan fingerprint density at radius 2 is 1.96 bits per heavy atom. The molecular weight excluding hydrogens is 294 g/mol. The first kappa shape index (κ1) is 15.8. The van der Waals surface area contributed by atoms with Gasteiger partial charge >= 0.3 is 0 Å². The quantitative estimate of drug-likeness (QED) is 0.849. The summed E-state index contributed by atoms with van der Waals surface area (Å²) in [4.78, 5) is 25.5. The van der Waals surface area contributed by atoms with Crippen molar-refractivity contribution in [3.05, 3.63) is 22.3 Å². The van der Waals surface area contributed by atoms with Crippen molar-refractivity contribution in [1.29, 1.82) is 0 Å². The molecule has 2 aliphatic rings. The number of phenols is 1. The van der Waals surface area contributed by atoms with Crippen molar-refractivity contribution < 1.29 is 19.4 Å². The minimum absolute atomic E-state index is 0.0898. The topological polar surface area (TPSA) is 66.8 Å². The fourth-order valence-corrected chi connectivity index (χ4v) is 3.67. The van der Waals surface area contributed by atoms with Crippen molar-refractivity contribution in [3.8, 4) is 11.5 Å². The van der Waals surface area contributed by atoms with Crippen LogP contribution >= 0.6 is 0 Å². The van der Waals surface area contributed by atoms with Crippen molar-refractivity contribution in [3.63, 3.8) is 0 Å². The number of nitrogens with zero attached hydrogens (tertiary/aromatic N) is 1. The number of phenolic OH excluding ortho intramolecular Hbond substituents is 1. The zero-order chi connectivity index (χ0) is 16.7. The normalized spacial score (nSPS) is 23.3. The number of rotatable bonds is 2. The van der Waals surface area contributed by atoms with E-state index in [-0.39, 0.29) is 11.9 Å².